The van der Waals surface area contributed by atoms with Crippen LogP contribution >= 0.6 is 11.3 Å². The molecule has 6 heteroatoms. The van der Waals surface area contributed by atoms with E-state index in [0.29, 0.717) is 0 Å². The van der Waals surface area contributed by atoms with Crippen LogP contribution in [0.2, 0.25) is 0 Å². The lowest BCUT2D eigenvalue weighted by Crippen LogP contribution is -3.13. The third kappa shape index (κ3) is 3.70. The van der Waals surface area contributed by atoms with E-state index in [1.165, 1.54) is 5.69 Å². The maximum atomic E-state index is 5.63. The summed E-state index contributed by atoms with van der Waals surface area (Å²) in [4.78, 5) is 9.71. The van der Waals surface area contributed by atoms with Gasteiger partial charge in [-0.05, 0) is 35.7 Å². The highest BCUT2D eigenvalue weighted by Crippen LogP contribution is 2.23. The standard InChI is InChI=1S/C19H21N3O2S/c1-23-17-6-4-16(5-7-17)22-10-8-21(9-11-22)13-15-14-24-19(20-15)18-3-2-12-25-18/h2-7,12,14H,8-11,13H2,1H3/p+1. The molecule has 130 valence electrons. The predicted octanol–water partition coefficient (Wildman–Crippen LogP) is 2.32. The molecule has 3 aromatic rings. The zero-order valence-corrected chi connectivity index (χ0v) is 15.1. The average Bonchev–Trinajstić information content (AvgIpc) is 3.34. The van der Waals surface area contributed by atoms with Gasteiger partial charge in [-0.1, -0.05) is 6.07 Å². The molecule has 2 aromatic heterocycles. The second kappa shape index (κ2) is 7.29. The number of nitrogens with one attached hydrogen (secondary N) is 1. The summed E-state index contributed by atoms with van der Waals surface area (Å²) in [5.74, 6) is 1.64. The molecular weight excluding hydrogens is 334 g/mol. The van der Waals surface area contributed by atoms with Gasteiger partial charge in [0.15, 0.2) is 0 Å². The number of benzene rings is 1. The van der Waals surface area contributed by atoms with Crippen molar-refractivity contribution in [2.75, 3.05) is 38.2 Å². The number of aromatic nitrogens is 1. The Bertz CT molecular complexity index is 790. The van der Waals surface area contributed by atoms with Gasteiger partial charge in [-0.25, -0.2) is 4.98 Å². The highest BCUT2D eigenvalue weighted by Gasteiger charge is 2.21. The molecule has 4 rings (SSSR count). The third-order valence-electron chi connectivity index (χ3n) is 4.62. The van der Waals surface area contributed by atoms with E-state index in [0.717, 1.165) is 54.9 Å². The normalized spacial score (nSPS) is 15.5. The van der Waals surface area contributed by atoms with Crippen LogP contribution in [0, 0.1) is 0 Å². The molecule has 1 fully saturated rings. The first kappa shape index (κ1) is 16.2. The molecule has 1 aromatic carbocycles. The first-order chi connectivity index (χ1) is 12.3. The SMILES string of the molecule is COc1ccc(N2CC[NH+](Cc3coc(-c4cccs4)n3)CC2)cc1. The van der Waals surface area contributed by atoms with Crippen molar-refractivity contribution in [3.8, 4) is 16.5 Å². The third-order valence-corrected chi connectivity index (χ3v) is 5.48. The fourth-order valence-corrected chi connectivity index (χ4v) is 3.86. The van der Waals surface area contributed by atoms with E-state index >= 15 is 0 Å². The number of hydrogen-bond donors (Lipinski definition) is 1. The Balaban J connectivity index is 1.33. The summed E-state index contributed by atoms with van der Waals surface area (Å²) in [6.45, 7) is 5.24. The Morgan fingerprint density at radius 1 is 1.20 bits per heavy atom. The predicted molar refractivity (Wildman–Crippen MR) is 99.4 cm³/mol. The number of anilines is 1. The van der Waals surface area contributed by atoms with Crippen molar-refractivity contribution < 1.29 is 14.1 Å². The van der Waals surface area contributed by atoms with Gasteiger partial charge in [0, 0.05) is 5.69 Å². The summed E-state index contributed by atoms with van der Waals surface area (Å²) in [5, 5.41) is 2.04. The number of rotatable bonds is 5. The second-order valence-electron chi connectivity index (χ2n) is 6.23. The van der Waals surface area contributed by atoms with Gasteiger partial charge in [0.05, 0.1) is 38.2 Å². The fourth-order valence-electron chi connectivity index (χ4n) is 3.21. The Labute approximate surface area is 151 Å². The molecule has 25 heavy (non-hydrogen) atoms. The largest absolute Gasteiger partial charge is 0.497 e. The minimum absolute atomic E-state index is 0.737. The topological polar surface area (TPSA) is 42.9 Å². The van der Waals surface area contributed by atoms with Crippen LogP contribution in [-0.2, 0) is 6.54 Å². The molecule has 0 saturated carbocycles. The number of hydrogen-bond acceptors (Lipinski definition) is 5. The van der Waals surface area contributed by atoms with Crippen molar-refractivity contribution in [3.63, 3.8) is 0 Å². The Hall–Kier alpha value is -2.31. The fraction of sp³-hybridized carbons (Fsp3) is 0.316. The molecule has 1 aliphatic rings. The average molecular weight is 356 g/mol. The van der Waals surface area contributed by atoms with E-state index in [9.17, 15) is 0 Å². The van der Waals surface area contributed by atoms with Crippen LogP contribution in [0.3, 0.4) is 0 Å². The Morgan fingerprint density at radius 3 is 2.68 bits per heavy atom. The van der Waals surface area contributed by atoms with E-state index in [4.69, 9.17) is 9.15 Å². The quantitative estimate of drug-likeness (QED) is 0.762. The van der Waals surface area contributed by atoms with Gasteiger partial charge in [-0.2, -0.15) is 0 Å². The van der Waals surface area contributed by atoms with Gasteiger partial charge in [0.1, 0.15) is 24.3 Å². The molecule has 0 atom stereocenters. The summed E-state index contributed by atoms with van der Waals surface area (Å²) >= 11 is 1.66. The summed E-state index contributed by atoms with van der Waals surface area (Å²) in [7, 11) is 1.70. The van der Waals surface area contributed by atoms with E-state index in [1.807, 2.05) is 29.6 Å². The van der Waals surface area contributed by atoms with Crippen LogP contribution in [0.25, 0.3) is 10.8 Å². The number of nitrogens with zero attached hydrogens (tertiary/aromatic N) is 2. The minimum Gasteiger partial charge on any atom is -0.497 e. The number of ether oxygens (including phenoxy) is 1. The van der Waals surface area contributed by atoms with E-state index < -0.39 is 0 Å². The second-order valence-corrected chi connectivity index (χ2v) is 7.18. The van der Waals surface area contributed by atoms with Crippen LogP contribution in [-0.4, -0.2) is 38.3 Å². The summed E-state index contributed by atoms with van der Waals surface area (Å²) in [5.41, 5.74) is 2.30. The van der Waals surface area contributed by atoms with Crippen molar-refractivity contribution in [1.82, 2.24) is 4.98 Å². The molecule has 0 aliphatic carbocycles. The number of quaternary nitrogens is 1. The highest BCUT2D eigenvalue weighted by molar-refractivity contribution is 7.13. The first-order valence-corrected chi connectivity index (χ1v) is 9.40. The molecule has 1 saturated heterocycles. The molecule has 0 amide bonds. The van der Waals surface area contributed by atoms with Crippen LogP contribution in [0.5, 0.6) is 5.75 Å². The zero-order chi connectivity index (χ0) is 17.1. The lowest BCUT2D eigenvalue weighted by molar-refractivity contribution is -0.914. The van der Waals surface area contributed by atoms with Gasteiger partial charge in [-0.3, -0.25) is 0 Å². The molecule has 1 aliphatic heterocycles. The monoisotopic (exact) mass is 356 g/mol. The smallest absolute Gasteiger partial charge is 0.236 e. The van der Waals surface area contributed by atoms with E-state index in [2.05, 4.69) is 22.0 Å². The molecule has 0 radical (unpaired) electrons. The van der Waals surface area contributed by atoms with Crippen LogP contribution in [0.15, 0.2) is 52.5 Å². The summed E-state index contributed by atoms with van der Waals surface area (Å²) in [6, 6.07) is 12.4. The lowest BCUT2D eigenvalue weighted by Gasteiger charge is -2.33. The van der Waals surface area contributed by atoms with Crippen molar-refractivity contribution in [2.24, 2.45) is 0 Å². The molecule has 3 heterocycles. The molecular formula is C19H22N3O2S+. The number of oxazole rings is 1. The van der Waals surface area contributed by atoms with Crippen LogP contribution in [0.1, 0.15) is 5.69 Å². The van der Waals surface area contributed by atoms with Gasteiger partial charge >= 0.3 is 0 Å². The van der Waals surface area contributed by atoms with E-state index in [1.54, 1.807) is 29.6 Å². The molecule has 0 unspecified atom stereocenters. The first-order valence-electron chi connectivity index (χ1n) is 8.52. The molecule has 1 N–H and O–H groups in total. The Kier molecular flexibility index (Phi) is 4.72. The molecule has 0 bridgehead atoms. The maximum absolute atomic E-state index is 5.63. The zero-order valence-electron chi connectivity index (χ0n) is 14.3. The van der Waals surface area contributed by atoms with Gasteiger partial charge in [0.2, 0.25) is 5.89 Å². The van der Waals surface area contributed by atoms with Crippen LogP contribution < -0.4 is 14.5 Å². The van der Waals surface area contributed by atoms with Gasteiger partial charge in [-0.15, -0.1) is 11.3 Å². The van der Waals surface area contributed by atoms with Crippen molar-refractivity contribution in [2.45, 2.75) is 6.54 Å². The van der Waals surface area contributed by atoms with Crippen molar-refractivity contribution >= 4 is 17.0 Å². The van der Waals surface area contributed by atoms with Gasteiger partial charge < -0.3 is 19.0 Å². The minimum atomic E-state index is 0.737. The maximum Gasteiger partial charge on any atom is 0.236 e. The summed E-state index contributed by atoms with van der Waals surface area (Å²) < 4.78 is 10.9. The highest BCUT2D eigenvalue weighted by atomic mass is 32.1. The summed E-state index contributed by atoms with van der Waals surface area (Å²) in [6.07, 6.45) is 1.80. The Morgan fingerprint density at radius 2 is 2.00 bits per heavy atom. The van der Waals surface area contributed by atoms with Gasteiger partial charge in [0.25, 0.3) is 0 Å². The molecule has 5 nitrogen and oxygen atoms in total. The number of thiophene rings is 1. The van der Waals surface area contributed by atoms with Crippen molar-refractivity contribution in [1.29, 1.82) is 0 Å². The lowest BCUT2D eigenvalue weighted by atomic mass is 10.2. The number of methoxy groups -OCH3 is 1. The molecule has 0 spiro atoms. The van der Waals surface area contributed by atoms with E-state index in [-0.39, 0.29) is 0 Å². The number of piperazine rings is 1. The van der Waals surface area contributed by atoms with Crippen LogP contribution in [0.4, 0.5) is 5.69 Å². The van der Waals surface area contributed by atoms with Crippen molar-refractivity contribution in [3.05, 3.63) is 53.7 Å².